The minimum absolute atomic E-state index is 0.0453. The molecule has 0 aromatic rings. The molecule has 5 aliphatic rings. The Kier molecular flexibility index (Phi) is 9.53. The van der Waals surface area contributed by atoms with Gasteiger partial charge < -0.3 is 50.3 Å². The number of fused-ring (bicyclic) bond motifs is 5. The third-order valence-corrected chi connectivity index (χ3v) is 14.0. The Morgan fingerprint density at radius 3 is 2.20 bits per heavy atom. The Hall–Kier alpha value is -0.660. The Labute approximate surface area is 268 Å². The average molecular weight is 641 g/mol. The van der Waals surface area contributed by atoms with Gasteiger partial charge in [0.25, 0.3) is 0 Å². The first kappa shape index (κ1) is 35.6. The lowest BCUT2D eigenvalue weighted by Crippen LogP contribution is -2.71. The minimum Gasteiger partial charge on any atom is -0.394 e. The molecule has 260 valence electrons. The summed E-state index contributed by atoms with van der Waals surface area (Å²) in [5.74, 6) is -2.94. The molecule has 15 atom stereocenters. The number of hydrogen-bond donors (Lipinski definition) is 8. The summed E-state index contributed by atoms with van der Waals surface area (Å²) in [6.45, 7) is 14.2. The topological polar surface area (TPSA) is 180 Å². The third kappa shape index (κ3) is 5.47. The minimum atomic E-state index is -1.93. The van der Waals surface area contributed by atoms with Crippen LogP contribution in [0.1, 0.15) is 99.8 Å². The number of hydrogen-bond acceptors (Lipinski definition) is 10. The first-order chi connectivity index (χ1) is 20.8. The van der Waals surface area contributed by atoms with Gasteiger partial charge in [0.15, 0.2) is 12.1 Å². The van der Waals surface area contributed by atoms with Crippen molar-refractivity contribution in [3.63, 3.8) is 0 Å². The van der Waals surface area contributed by atoms with Gasteiger partial charge in [0.1, 0.15) is 24.4 Å². The van der Waals surface area contributed by atoms with Crippen LogP contribution >= 0.6 is 0 Å². The zero-order valence-electron chi connectivity index (χ0n) is 28.3. The van der Waals surface area contributed by atoms with Crippen LogP contribution in [-0.2, 0) is 9.47 Å². The van der Waals surface area contributed by atoms with E-state index in [0.29, 0.717) is 44.9 Å². The Balaban J connectivity index is 1.54. The van der Waals surface area contributed by atoms with Crippen molar-refractivity contribution in [2.75, 3.05) is 6.61 Å². The summed E-state index contributed by atoms with van der Waals surface area (Å²) < 4.78 is 12.5. The standard InChI is InChI=1S/C35H60O10/c1-18(2)9-8-12-35(42,43)19-10-14-33(6)25(19)20(37)15-23-32(5)13-11-24(38)31(3,4)29(32)21(16-34(23,33)7)44-30-28(41)27(40)26(39)22(17-36)45-30/h9,19-30,36-43H,8,10-17H2,1-7H3/t19-,20+,21-,22+,23+,24-,25-,26+,27-,28+,29-,30+,32+,33+,34+/m0/s1. The van der Waals surface area contributed by atoms with Crippen LogP contribution in [-0.4, -0.2) is 102 Å². The summed E-state index contributed by atoms with van der Waals surface area (Å²) >= 11 is 0. The van der Waals surface area contributed by atoms with Crippen molar-refractivity contribution in [1.82, 2.24) is 0 Å². The van der Waals surface area contributed by atoms with Gasteiger partial charge in [0, 0.05) is 12.3 Å². The molecule has 10 heteroatoms. The molecule has 5 rings (SSSR count). The second kappa shape index (κ2) is 12.0. The van der Waals surface area contributed by atoms with Crippen molar-refractivity contribution < 1.29 is 50.3 Å². The summed E-state index contributed by atoms with van der Waals surface area (Å²) in [6.07, 6.45) is -2.56. The fourth-order valence-corrected chi connectivity index (χ4v) is 11.6. The molecule has 0 amide bonds. The fourth-order valence-electron chi connectivity index (χ4n) is 11.6. The quantitative estimate of drug-likeness (QED) is 0.117. The number of rotatable bonds is 7. The lowest BCUT2D eigenvalue weighted by Gasteiger charge is -2.72. The second-order valence-electron chi connectivity index (χ2n) is 17.0. The highest BCUT2D eigenvalue weighted by molar-refractivity contribution is 5.21. The molecule has 4 saturated carbocycles. The van der Waals surface area contributed by atoms with Crippen molar-refractivity contribution in [3.05, 3.63) is 11.6 Å². The number of allylic oxidation sites excluding steroid dienone is 2. The van der Waals surface area contributed by atoms with Crippen LogP contribution in [0.25, 0.3) is 0 Å². The predicted octanol–water partition coefficient (Wildman–Crippen LogP) is 2.23. The van der Waals surface area contributed by atoms with Crippen LogP contribution in [0.3, 0.4) is 0 Å². The van der Waals surface area contributed by atoms with Gasteiger partial charge in [-0.25, -0.2) is 0 Å². The van der Waals surface area contributed by atoms with E-state index < -0.39 is 83.6 Å². The van der Waals surface area contributed by atoms with E-state index in [1.54, 1.807) is 0 Å². The van der Waals surface area contributed by atoms with Gasteiger partial charge in [-0.1, -0.05) is 46.3 Å². The summed E-state index contributed by atoms with van der Waals surface area (Å²) in [5, 5.41) is 88.0. The third-order valence-electron chi connectivity index (χ3n) is 14.0. The van der Waals surface area contributed by atoms with Crippen molar-refractivity contribution in [1.29, 1.82) is 0 Å². The van der Waals surface area contributed by atoms with Crippen molar-refractivity contribution in [2.45, 2.75) is 155 Å². The first-order valence-corrected chi connectivity index (χ1v) is 17.2. The van der Waals surface area contributed by atoms with Crippen LogP contribution < -0.4 is 0 Å². The molecule has 45 heavy (non-hydrogen) atoms. The lowest BCUT2D eigenvalue weighted by molar-refractivity contribution is -0.347. The maximum absolute atomic E-state index is 12.0. The van der Waals surface area contributed by atoms with Gasteiger partial charge in [-0.3, -0.25) is 0 Å². The molecule has 0 spiro atoms. The maximum atomic E-state index is 12.0. The van der Waals surface area contributed by atoms with Crippen LogP contribution in [0, 0.1) is 45.3 Å². The summed E-state index contributed by atoms with van der Waals surface area (Å²) in [6, 6.07) is 0. The molecule has 1 aliphatic heterocycles. The van der Waals surface area contributed by atoms with Crippen LogP contribution in [0.2, 0.25) is 0 Å². The molecule has 0 bridgehead atoms. The largest absolute Gasteiger partial charge is 0.394 e. The van der Waals surface area contributed by atoms with Crippen molar-refractivity contribution in [2.24, 2.45) is 45.3 Å². The molecular weight excluding hydrogens is 580 g/mol. The summed E-state index contributed by atoms with van der Waals surface area (Å²) in [7, 11) is 0. The van der Waals surface area contributed by atoms with Gasteiger partial charge in [-0.15, -0.1) is 0 Å². The van der Waals surface area contributed by atoms with E-state index in [2.05, 4.69) is 20.8 Å². The highest BCUT2D eigenvalue weighted by Gasteiger charge is 2.73. The predicted molar refractivity (Wildman–Crippen MR) is 166 cm³/mol. The van der Waals surface area contributed by atoms with Crippen molar-refractivity contribution >= 4 is 0 Å². The average Bonchev–Trinajstić information content (AvgIpc) is 3.33. The molecule has 8 N–H and O–H groups in total. The number of aliphatic hydroxyl groups excluding tert-OH is 6. The second-order valence-corrected chi connectivity index (χ2v) is 17.0. The smallest absolute Gasteiger partial charge is 0.186 e. The molecule has 1 heterocycles. The maximum Gasteiger partial charge on any atom is 0.186 e. The SMILES string of the molecule is CC(C)=CCCC(O)(O)[C@H]1CC[C@]2(C)[C@@H]1[C@H](O)C[C@@H]1[C@@]3(C)CC[C@H](O)C(C)(C)[C@@H]3[C@@H](O[C@@H]3O[C@H](CO)[C@@H](O)[C@H](O)[C@H]3O)C[C@]12C. The molecule has 5 fully saturated rings. The van der Waals surface area contributed by atoms with E-state index in [0.717, 1.165) is 5.57 Å². The van der Waals surface area contributed by atoms with Crippen LogP contribution in [0.5, 0.6) is 0 Å². The molecule has 4 aliphatic carbocycles. The van der Waals surface area contributed by atoms with E-state index >= 15 is 0 Å². The zero-order valence-corrected chi connectivity index (χ0v) is 28.3. The van der Waals surface area contributed by atoms with E-state index in [4.69, 9.17) is 9.47 Å². The van der Waals surface area contributed by atoms with E-state index in [1.165, 1.54) is 0 Å². The van der Waals surface area contributed by atoms with E-state index in [-0.39, 0.29) is 29.6 Å². The lowest BCUT2D eigenvalue weighted by atomic mass is 9.34. The highest BCUT2D eigenvalue weighted by Crippen LogP contribution is 2.76. The summed E-state index contributed by atoms with van der Waals surface area (Å²) in [5.41, 5.74) is -0.765. The molecule has 0 unspecified atom stereocenters. The molecule has 0 aromatic carbocycles. The monoisotopic (exact) mass is 640 g/mol. The van der Waals surface area contributed by atoms with Gasteiger partial charge in [-0.2, -0.15) is 0 Å². The van der Waals surface area contributed by atoms with Gasteiger partial charge in [-0.05, 0) is 98.2 Å². The number of ether oxygens (including phenoxy) is 2. The van der Waals surface area contributed by atoms with E-state index in [1.807, 2.05) is 33.8 Å². The Bertz CT molecular complexity index is 1100. The van der Waals surface area contributed by atoms with Crippen LogP contribution in [0.4, 0.5) is 0 Å². The fraction of sp³-hybridized carbons (Fsp3) is 0.943. The van der Waals surface area contributed by atoms with Gasteiger partial charge in [0.2, 0.25) is 0 Å². The van der Waals surface area contributed by atoms with E-state index in [9.17, 15) is 40.9 Å². The normalized spacial score (nSPS) is 51.2. The summed E-state index contributed by atoms with van der Waals surface area (Å²) in [4.78, 5) is 0. The zero-order chi connectivity index (χ0) is 33.5. The molecule has 1 saturated heterocycles. The molecular formula is C35H60O10. The Morgan fingerprint density at radius 1 is 0.911 bits per heavy atom. The highest BCUT2D eigenvalue weighted by atomic mass is 16.7. The van der Waals surface area contributed by atoms with Gasteiger partial charge >= 0.3 is 0 Å². The Morgan fingerprint density at radius 2 is 1.58 bits per heavy atom. The van der Waals surface area contributed by atoms with Gasteiger partial charge in [0.05, 0.1) is 24.9 Å². The number of aliphatic hydroxyl groups is 8. The van der Waals surface area contributed by atoms with Crippen molar-refractivity contribution in [3.8, 4) is 0 Å². The molecule has 0 radical (unpaired) electrons. The molecule has 0 aromatic heterocycles. The molecule has 10 nitrogen and oxygen atoms in total. The first-order valence-electron chi connectivity index (χ1n) is 17.2. The van der Waals surface area contributed by atoms with Crippen LogP contribution in [0.15, 0.2) is 11.6 Å².